The second kappa shape index (κ2) is 7.49. The number of hydrogen-bond donors (Lipinski definition) is 1. The highest BCUT2D eigenvalue weighted by Crippen LogP contribution is 2.70. The summed E-state index contributed by atoms with van der Waals surface area (Å²) < 4.78 is 189. The van der Waals surface area contributed by atoms with E-state index in [1.807, 2.05) is 0 Å². The van der Waals surface area contributed by atoms with Crippen molar-refractivity contribution < 1.29 is 76.5 Å². The first kappa shape index (κ1) is 29.5. The van der Waals surface area contributed by atoms with Gasteiger partial charge in [0.1, 0.15) is 0 Å². The molecule has 0 saturated carbocycles. The molecule has 0 aliphatic carbocycles. The highest BCUT2D eigenvalue weighted by atomic mass is 19.4. The van der Waals surface area contributed by atoms with Crippen molar-refractivity contribution in [3.63, 3.8) is 0 Å². The summed E-state index contributed by atoms with van der Waals surface area (Å²) in [5, 5.41) is 9.45. The third-order valence-corrected chi connectivity index (χ3v) is 5.56. The summed E-state index contributed by atoms with van der Waals surface area (Å²) in [7, 11) is 0. The zero-order valence-electron chi connectivity index (χ0n) is 17.0. The number of aliphatic hydroxyl groups is 1. The number of carbonyl (C=O) groups is 1. The zero-order chi connectivity index (χ0) is 26.9. The van der Waals surface area contributed by atoms with Gasteiger partial charge in [0.05, 0.1) is 5.41 Å². The molecule has 196 valence electrons. The normalized spacial score (nSPS) is 33.0. The third-order valence-electron chi connectivity index (χ3n) is 5.56. The Morgan fingerprint density at radius 2 is 1.24 bits per heavy atom. The summed E-state index contributed by atoms with van der Waals surface area (Å²) in [6, 6.07) is 0. The number of esters is 1. The van der Waals surface area contributed by atoms with E-state index in [9.17, 15) is 58.2 Å². The van der Waals surface area contributed by atoms with Crippen molar-refractivity contribution >= 4 is 5.97 Å². The van der Waals surface area contributed by atoms with E-state index in [0.717, 1.165) is 6.92 Å². The quantitative estimate of drug-likeness (QED) is 0.392. The molecule has 0 aromatic carbocycles. The Morgan fingerprint density at radius 3 is 1.52 bits per heavy atom. The Morgan fingerprint density at radius 1 is 0.818 bits per heavy atom. The molecule has 4 nitrogen and oxygen atoms in total. The molecule has 3 unspecified atom stereocenters. The Hall–Kier alpha value is -1.52. The summed E-state index contributed by atoms with van der Waals surface area (Å²) >= 11 is 0. The SMILES string of the molecule is CCC(C)(C)C(=O)OC1(C(F)(F)F)C(F)(F)C(O)(C(F)(F)F)OC(CC)(C(F)(F)F)C1(F)F. The predicted molar refractivity (Wildman–Crippen MR) is 80.0 cm³/mol. The number of rotatable bonds is 4. The van der Waals surface area contributed by atoms with Gasteiger partial charge in [-0.05, 0) is 26.7 Å². The van der Waals surface area contributed by atoms with Crippen LogP contribution in [0.1, 0.15) is 40.5 Å². The van der Waals surface area contributed by atoms with Crippen LogP contribution >= 0.6 is 0 Å². The number of hydrogen-bond acceptors (Lipinski definition) is 4. The van der Waals surface area contributed by atoms with E-state index < -0.39 is 71.6 Å². The minimum absolute atomic E-state index is 0.0550. The van der Waals surface area contributed by atoms with Crippen molar-refractivity contribution in [3.8, 4) is 0 Å². The van der Waals surface area contributed by atoms with E-state index >= 15 is 8.78 Å². The molecular formula is C16H17F13O4. The largest absolute Gasteiger partial charge is 0.449 e. The van der Waals surface area contributed by atoms with E-state index in [1.54, 1.807) is 0 Å². The average Bonchev–Trinajstić information content (AvgIpc) is 2.58. The zero-order valence-corrected chi connectivity index (χ0v) is 17.0. The summed E-state index contributed by atoms with van der Waals surface area (Å²) in [6.45, 7) is 2.23. The smallest absolute Gasteiger partial charge is 0.436 e. The Bertz CT molecular complexity index is 770. The minimum atomic E-state index is -7.51. The van der Waals surface area contributed by atoms with Crippen LogP contribution < -0.4 is 0 Å². The molecule has 1 heterocycles. The lowest BCUT2D eigenvalue weighted by molar-refractivity contribution is -0.579. The van der Waals surface area contributed by atoms with Crippen LogP contribution in [0, 0.1) is 5.41 Å². The molecule has 1 saturated heterocycles. The first-order valence-electron chi connectivity index (χ1n) is 8.82. The van der Waals surface area contributed by atoms with E-state index in [1.165, 1.54) is 0 Å². The monoisotopic (exact) mass is 520 g/mol. The lowest BCUT2D eigenvalue weighted by atomic mass is 9.69. The highest BCUT2D eigenvalue weighted by Gasteiger charge is 3.02. The van der Waals surface area contributed by atoms with Crippen LogP contribution in [-0.2, 0) is 14.3 Å². The molecule has 33 heavy (non-hydrogen) atoms. The van der Waals surface area contributed by atoms with Gasteiger partial charge in [-0.2, -0.15) is 57.1 Å². The Kier molecular flexibility index (Phi) is 6.70. The molecule has 1 aliphatic rings. The molecular weight excluding hydrogens is 503 g/mol. The van der Waals surface area contributed by atoms with E-state index in [0.29, 0.717) is 13.8 Å². The van der Waals surface area contributed by atoms with Crippen molar-refractivity contribution in [1.29, 1.82) is 0 Å². The second-order valence-electron chi connectivity index (χ2n) is 7.88. The predicted octanol–water partition coefficient (Wildman–Crippen LogP) is 5.53. The molecule has 17 heteroatoms. The number of halogens is 13. The van der Waals surface area contributed by atoms with Crippen LogP contribution in [0.15, 0.2) is 0 Å². The van der Waals surface area contributed by atoms with Crippen LogP contribution in [0.4, 0.5) is 57.1 Å². The number of ether oxygens (including phenoxy) is 2. The molecule has 0 amide bonds. The third kappa shape index (κ3) is 3.46. The maximum atomic E-state index is 15.1. The van der Waals surface area contributed by atoms with E-state index in [4.69, 9.17) is 0 Å². The van der Waals surface area contributed by atoms with Crippen LogP contribution in [0.3, 0.4) is 0 Å². The van der Waals surface area contributed by atoms with Crippen LogP contribution in [0.2, 0.25) is 0 Å². The molecule has 1 aliphatic heterocycles. The van der Waals surface area contributed by atoms with E-state index in [2.05, 4.69) is 9.47 Å². The van der Waals surface area contributed by atoms with Gasteiger partial charge in [-0.15, -0.1) is 0 Å². The van der Waals surface area contributed by atoms with Gasteiger partial charge in [0.2, 0.25) is 5.60 Å². The van der Waals surface area contributed by atoms with Crippen LogP contribution in [-0.4, -0.2) is 58.4 Å². The molecule has 0 aromatic heterocycles. The fourth-order valence-corrected chi connectivity index (χ4v) is 3.03. The fraction of sp³-hybridized carbons (Fsp3) is 0.938. The summed E-state index contributed by atoms with van der Waals surface area (Å²) in [5.74, 6) is -24.0. The molecule has 1 N–H and O–H groups in total. The minimum Gasteiger partial charge on any atom is -0.436 e. The lowest BCUT2D eigenvalue weighted by Gasteiger charge is -2.60. The second-order valence-corrected chi connectivity index (χ2v) is 7.88. The van der Waals surface area contributed by atoms with Crippen molar-refractivity contribution in [3.05, 3.63) is 0 Å². The van der Waals surface area contributed by atoms with Gasteiger partial charge in [0, 0.05) is 0 Å². The first-order chi connectivity index (χ1) is 14.2. The van der Waals surface area contributed by atoms with Gasteiger partial charge in [0.25, 0.3) is 0 Å². The van der Waals surface area contributed by atoms with Crippen LogP contribution in [0.25, 0.3) is 0 Å². The lowest BCUT2D eigenvalue weighted by Crippen LogP contribution is -2.91. The van der Waals surface area contributed by atoms with Crippen LogP contribution in [0.5, 0.6) is 0 Å². The topological polar surface area (TPSA) is 55.8 Å². The highest BCUT2D eigenvalue weighted by molar-refractivity contribution is 5.76. The van der Waals surface area contributed by atoms with E-state index in [-0.39, 0.29) is 6.92 Å². The average molecular weight is 520 g/mol. The molecule has 0 bridgehead atoms. The summed E-state index contributed by atoms with van der Waals surface area (Å²) in [4.78, 5) is 12.1. The Balaban J connectivity index is 4.36. The van der Waals surface area contributed by atoms with Crippen molar-refractivity contribution in [1.82, 2.24) is 0 Å². The van der Waals surface area contributed by atoms with Gasteiger partial charge in [-0.3, -0.25) is 4.79 Å². The first-order valence-corrected chi connectivity index (χ1v) is 8.82. The maximum absolute atomic E-state index is 15.1. The van der Waals surface area contributed by atoms with Gasteiger partial charge in [-0.25, -0.2) is 0 Å². The molecule has 1 fully saturated rings. The Labute approximate surface area is 177 Å². The molecule has 0 aromatic rings. The van der Waals surface area contributed by atoms with Crippen molar-refractivity contribution in [2.45, 2.75) is 87.9 Å². The van der Waals surface area contributed by atoms with Gasteiger partial charge in [0.15, 0.2) is 0 Å². The number of carbonyl (C=O) groups excluding carboxylic acids is 1. The molecule has 1 rings (SSSR count). The van der Waals surface area contributed by atoms with Gasteiger partial charge in [-0.1, -0.05) is 13.8 Å². The molecule has 0 radical (unpaired) electrons. The van der Waals surface area contributed by atoms with Crippen molar-refractivity contribution in [2.24, 2.45) is 5.41 Å². The van der Waals surface area contributed by atoms with Gasteiger partial charge >= 0.3 is 47.7 Å². The standard InChI is InChI=1S/C16H17F13O4/c1-5-8(3,4)7(30)32-10(15(24,25)26)11(17,18)9(6-2,14(21,22)23)33-13(31,12(10,19)20)16(27,28)29/h31H,5-6H2,1-4H3. The maximum Gasteiger partial charge on any atom is 0.449 e. The number of alkyl halides is 13. The summed E-state index contributed by atoms with van der Waals surface area (Å²) in [6.07, 6.45) is -24.8. The van der Waals surface area contributed by atoms with Crippen molar-refractivity contribution in [2.75, 3.05) is 0 Å². The summed E-state index contributed by atoms with van der Waals surface area (Å²) in [5.41, 5.74) is -15.6. The fourth-order valence-electron chi connectivity index (χ4n) is 3.03. The molecule has 0 spiro atoms. The molecule has 3 atom stereocenters. The van der Waals surface area contributed by atoms with Gasteiger partial charge < -0.3 is 14.6 Å².